The lowest BCUT2D eigenvalue weighted by atomic mass is 10.1. The van der Waals surface area contributed by atoms with Gasteiger partial charge in [-0.15, -0.1) is 0 Å². The van der Waals surface area contributed by atoms with E-state index in [2.05, 4.69) is 40.2 Å². The Kier molecular flexibility index (Phi) is 11.7. The van der Waals surface area contributed by atoms with E-state index in [1.54, 1.807) is 12.1 Å². The number of allylic oxidation sites excluding steroid dienone is 2. The third-order valence-electron chi connectivity index (χ3n) is 3.98. The zero-order valence-corrected chi connectivity index (χ0v) is 19.5. The number of hydrogen-bond acceptors (Lipinski definition) is 8. The van der Waals surface area contributed by atoms with Crippen LogP contribution in [-0.2, 0) is 30.7 Å². The maximum atomic E-state index is 12.0. The second-order valence-electron chi connectivity index (χ2n) is 7.24. The van der Waals surface area contributed by atoms with Crippen LogP contribution in [0.2, 0.25) is 0 Å². The molecule has 0 saturated heterocycles. The lowest BCUT2D eigenvalue weighted by molar-refractivity contribution is -0.121. The molecule has 32 heavy (non-hydrogen) atoms. The lowest BCUT2D eigenvalue weighted by Gasteiger charge is -2.14. The van der Waals surface area contributed by atoms with Gasteiger partial charge in [-0.05, 0) is 49.8 Å². The van der Waals surface area contributed by atoms with Crippen molar-refractivity contribution in [2.75, 3.05) is 7.11 Å². The Morgan fingerprint density at radius 3 is 2.50 bits per heavy atom. The number of unbranched alkanes of at least 4 members (excludes halogenated alkanes) is 2. The average molecular weight is 474 g/mol. The van der Waals surface area contributed by atoms with E-state index < -0.39 is 22.8 Å². The van der Waals surface area contributed by atoms with Crippen LogP contribution in [-0.4, -0.2) is 38.4 Å². The molecule has 11 heteroatoms. The molecule has 0 spiro atoms. The zero-order valence-electron chi connectivity index (χ0n) is 18.7. The minimum Gasteiger partial charge on any atom is -0.493 e. The quantitative estimate of drug-likeness (QED) is 0.109. The maximum absolute atomic E-state index is 12.0. The summed E-state index contributed by atoms with van der Waals surface area (Å²) >= 11 is 0. The molecule has 0 aliphatic carbocycles. The summed E-state index contributed by atoms with van der Waals surface area (Å²) in [6.07, 6.45) is 4.56. The van der Waals surface area contributed by atoms with Crippen molar-refractivity contribution in [1.82, 2.24) is 5.32 Å². The van der Waals surface area contributed by atoms with E-state index in [0.29, 0.717) is 12.3 Å². The minimum atomic E-state index is -4.78. The Labute approximate surface area is 188 Å². The Morgan fingerprint density at radius 1 is 1.16 bits per heavy atom. The van der Waals surface area contributed by atoms with Gasteiger partial charge in [-0.3, -0.25) is 9.35 Å². The topological polar surface area (TPSA) is 137 Å². The number of hydrogen-bond donors (Lipinski definition) is 2. The first-order valence-electron chi connectivity index (χ1n) is 10.1. The molecule has 0 bridgehead atoms. The molecular weight excluding hydrogens is 442 g/mol. The summed E-state index contributed by atoms with van der Waals surface area (Å²) in [6, 6.07) is 4.65. The van der Waals surface area contributed by atoms with E-state index in [1.807, 2.05) is 0 Å². The summed E-state index contributed by atoms with van der Waals surface area (Å²) in [5, 5.41) is 2.83. The van der Waals surface area contributed by atoms with Crippen molar-refractivity contribution >= 4 is 22.5 Å². The molecule has 0 radical (unpaired) electrons. The number of rotatable bonds is 13. The fourth-order valence-corrected chi connectivity index (χ4v) is 2.93. The molecule has 1 rings (SSSR count). The molecule has 0 aromatic heterocycles. The van der Waals surface area contributed by atoms with Crippen LogP contribution in [0, 0.1) is 5.92 Å². The molecule has 1 amide bonds. The Hall–Kier alpha value is -2.63. The Morgan fingerprint density at radius 2 is 1.88 bits per heavy atom. The number of amides is 1. The van der Waals surface area contributed by atoms with Crippen LogP contribution in [0.5, 0.6) is 11.5 Å². The SMILES string of the molecule is COc1cc(CNC(=O)CCCC/C=C/C(C)C)ccc1OC(=O)OC(C)OS(=O)(=O)O. The van der Waals surface area contributed by atoms with Crippen molar-refractivity contribution in [3.05, 3.63) is 35.9 Å². The van der Waals surface area contributed by atoms with Gasteiger partial charge < -0.3 is 19.5 Å². The van der Waals surface area contributed by atoms with Crippen molar-refractivity contribution in [2.24, 2.45) is 5.92 Å². The molecule has 0 aliphatic heterocycles. The Balaban J connectivity index is 2.50. The van der Waals surface area contributed by atoms with Gasteiger partial charge in [0.15, 0.2) is 11.5 Å². The van der Waals surface area contributed by atoms with Crippen LogP contribution in [0.1, 0.15) is 52.0 Å². The normalized spacial score (nSPS) is 12.6. The Bertz CT molecular complexity index is 881. The second kappa shape index (κ2) is 13.7. The first kappa shape index (κ1) is 27.4. The highest BCUT2D eigenvalue weighted by Gasteiger charge is 2.19. The monoisotopic (exact) mass is 473 g/mol. The van der Waals surface area contributed by atoms with Crippen molar-refractivity contribution in [1.29, 1.82) is 0 Å². The van der Waals surface area contributed by atoms with Gasteiger partial charge in [0.05, 0.1) is 7.11 Å². The number of carbonyl (C=O) groups is 2. The van der Waals surface area contributed by atoms with E-state index in [1.165, 1.54) is 13.2 Å². The molecule has 0 heterocycles. The third kappa shape index (κ3) is 12.3. The van der Waals surface area contributed by atoms with Crippen LogP contribution in [0.25, 0.3) is 0 Å². The van der Waals surface area contributed by atoms with E-state index >= 15 is 0 Å². The van der Waals surface area contributed by atoms with E-state index in [-0.39, 0.29) is 24.0 Å². The standard InChI is InChI=1S/C21H31NO9S/c1-15(2)9-7-5-6-8-10-20(23)22-14-17-11-12-18(19(13-17)28-4)30-21(24)29-16(3)31-32(25,26)27/h7,9,11-13,15-16H,5-6,8,10,14H2,1-4H3,(H,22,23)(H,25,26,27)/b9-7+. The summed E-state index contributed by atoms with van der Waals surface area (Å²) in [5.74, 6) is 0.684. The van der Waals surface area contributed by atoms with Gasteiger partial charge in [-0.1, -0.05) is 32.1 Å². The second-order valence-corrected chi connectivity index (χ2v) is 8.29. The van der Waals surface area contributed by atoms with Gasteiger partial charge in [-0.2, -0.15) is 8.42 Å². The molecule has 1 atom stereocenters. The smallest absolute Gasteiger partial charge is 0.493 e. The van der Waals surface area contributed by atoms with Crippen LogP contribution in [0.15, 0.2) is 30.4 Å². The molecule has 0 aliphatic rings. The van der Waals surface area contributed by atoms with E-state index in [0.717, 1.165) is 31.7 Å². The summed E-state index contributed by atoms with van der Waals surface area (Å²) < 4.78 is 48.5. The summed E-state index contributed by atoms with van der Waals surface area (Å²) in [4.78, 5) is 23.8. The maximum Gasteiger partial charge on any atom is 0.516 e. The number of benzene rings is 1. The molecule has 180 valence electrons. The molecular formula is C21H31NO9S. The van der Waals surface area contributed by atoms with Gasteiger partial charge in [-0.25, -0.2) is 8.98 Å². The average Bonchev–Trinajstić information content (AvgIpc) is 2.67. The molecule has 1 aromatic carbocycles. The highest BCUT2D eigenvalue weighted by molar-refractivity contribution is 7.80. The van der Waals surface area contributed by atoms with Crippen molar-refractivity contribution in [3.63, 3.8) is 0 Å². The molecule has 0 saturated carbocycles. The number of nitrogens with one attached hydrogen (secondary N) is 1. The van der Waals surface area contributed by atoms with Crippen LogP contribution in [0.3, 0.4) is 0 Å². The fraction of sp³-hybridized carbons (Fsp3) is 0.524. The highest BCUT2D eigenvalue weighted by Crippen LogP contribution is 2.28. The van der Waals surface area contributed by atoms with Crippen molar-refractivity contribution in [2.45, 2.75) is 59.3 Å². The van der Waals surface area contributed by atoms with E-state index in [9.17, 15) is 18.0 Å². The molecule has 2 N–H and O–H groups in total. The first-order valence-corrected chi connectivity index (χ1v) is 11.5. The largest absolute Gasteiger partial charge is 0.516 e. The van der Waals surface area contributed by atoms with Gasteiger partial charge in [0.2, 0.25) is 12.2 Å². The highest BCUT2D eigenvalue weighted by atomic mass is 32.3. The lowest BCUT2D eigenvalue weighted by Crippen LogP contribution is -2.23. The van der Waals surface area contributed by atoms with E-state index in [4.69, 9.17) is 14.0 Å². The third-order valence-corrected chi connectivity index (χ3v) is 4.49. The molecule has 1 unspecified atom stereocenters. The predicted octanol–water partition coefficient (Wildman–Crippen LogP) is 3.76. The van der Waals surface area contributed by atoms with Crippen LogP contribution >= 0.6 is 0 Å². The summed E-state index contributed by atoms with van der Waals surface area (Å²) in [7, 11) is -3.41. The van der Waals surface area contributed by atoms with Gasteiger partial charge in [0.25, 0.3) is 0 Å². The van der Waals surface area contributed by atoms with Gasteiger partial charge in [0, 0.05) is 13.0 Å². The summed E-state index contributed by atoms with van der Waals surface area (Å²) in [6.45, 7) is 5.59. The first-order chi connectivity index (χ1) is 15.0. The number of methoxy groups -OCH3 is 1. The van der Waals surface area contributed by atoms with Gasteiger partial charge in [0.1, 0.15) is 0 Å². The number of carbonyl (C=O) groups excluding carboxylic acids is 2. The van der Waals surface area contributed by atoms with Crippen LogP contribution in [0.4, 0.5) is 4.79 Å². The predicted molar refractivity (Wildman–Crippen MR) is 116 cm³/mol. The molecule has 10 nitrogen and oxygen atoms in total. The number of ether oxygens (including phenoxy) is 3. The van der Waals surface area contributed by atoms with Crippen molar-refractivity contribution < 1.29 is 41.0 Å². The summed E-state index contributed by atoms with van der Waals surface area (Å²) in [5.41, 5.74) is 0.721. The van der Waals surface area contributed by atoms with Gasteiger partial charge >= 0.3 is 16.6 Å². The van der Waals surface area contributed by atoms with Crippen LogP contribution < -0.4 is 14.8 Å². The fourth-order valence-electron chi connectivity index (χ4n) is 2.55. The zero-order chi connectivity index (χ0) is 24.1. The molecule has 0 fully saturated rings. The minimum absolute atomic E-state index is 0.0149. The molecule has 1 aromatic rings. The van der Waals surface area contributed by atoms with Crippen molar-refractivity contribution in [3.8, 4) is 11.5 Å².